The van der Waals surface area contributed by atoms with Gasteiger partial charge in [0.2, 0.25) is 0 Å². The molecule has 2 unspecified atom stereocenters. The van der Waals surface area contributed by atoms with Gasteiger partial charge in [0.25, 0.3) is 0 Å². The third kappa shape index (κ3) is 2.87. The maximum Gasteiger partial charge on any atom is 0.147 e. The first-order chi connectivity index (χ1) is 9.00. The number of nitrogens with two attached hydrogens (primary N) is 1. The Kier molecular flexibility index (Phi) is 4.04. The minimum atomic E-state index is -0.411. The zero-order valence-electron chi connectivity index (χ0n) is 11.1. The van der Waals surface area contributed by atoms with Crippen LogP contribution in [-0.4, -0.2) is 30.1 Å². The Hall–Kier alpha value is -1.62. The van der Waals surface area contributed by atoms with E-state index in [1.807, 2.05) is 0 Å². The number of amidine groups is 1. The molecule has 1 aromatic carbocycles. The van der Waals surface area contributed by atoms with Crippen LogP contribution in [0, 0.1) is 11.2 Å². The van der Waals surface area contributed by atoms with Crippen molar-refractivity contribution >= 4 is 11.5 Å². The highest BCUT2D eigenvalue weighted by molar-refractivity contribution is 5.95. The van der Waals surface area contributed by atoms with E-state index in [1.54, 1.807) is 24.1 Å². The number of hydrogen-bond donors (Lipinski definition) is 3. The van der Waals surface area contributed by atoms with E-state index in [1.165, 1.54) is 6.07 Å². The van der Waals surface area contributed by atoms with Crippen LogP contribution in [0.15, 0.2) is 18.2 Å². The maximum atomic E-state index is 14.1. The summed E-state index contributed by atoms with van der Waals surface area (Å²) in [6, 6.07) is 4.47. The number of nitrogens with zero attached hydrogens (tertiary/aromatic N) is 1. The summed E-state index contributed by atoms with van der Waals surface area (Å²) >= 11 is 0. The van der Waals surface area contributed by atoms with Crippen molar-refractivity contribution in [1.82, 2.24) is 0 Å². The number of halogens is 1. The van der Waals surface area contributed by atoms with E-state index < -0.39 is 11.9 Å². The van der Waals surface area contributed by atoms with E-state index >= 15 is 0 Å². The zero-order chi connectivity index (χ0) is 14.0. The summed E-state index contributed by atoms with van der Waals surface area (Å²) in [4.78, 5) is 1.79. The molecule has 1 aliphatic rings. The number of aliphatic hydroxyl groups is 1. The summed E-state index contributed by atoms with van der Waals surface area (Å²) in [5, 5.41) is 17.3. The predicted molar refractivity (Wildman–Crippen MR) is 74.1 cm³/mol. The Morgan fingerprint density at radius 2 is 2.11 bits per heavy atom. The number of nitrogen functional groups attached to an aromatic ring is 1. The van der Waals surface area contributed by atoms with Gasteiger partial charge in [0.15, 0.2) is 0 Å². The number of aliphatic hydroxyl groups excluding tert-OH is 1. The van der Waals surface area contributed by atoms with Gasteiger partial charge in [-0.1, -0.05) is 12.8 Å². The van der Waals surface area contributed by atoms with Gasteiger partial charge in [-0.2, -0.15) is 0 Å². The molecule has 0 amide bonds. The van der Waals surface area contributed by atoms with Crippen LogP contribution in [0.4, 0.5) is 10.1 Å². The van der Waals surface area contributed by atoms with Gasteiger partial charge in [0, 0.05) is 12.6 Å². The number of hydrogen-bond acceptors (Lipinski definition) is 3. The van der Waals surface area contributed by atoms with Crippen LogP contribution in [-0.2, 0) is 0 Å². The Morgan fingerprint density at radius 3 is 2.68 bits per heavy atom. The molecule has 0 radical (unpaired) electrons. The van der Waals surface area contributed by atoms with Crippen LogP contribution in [0.5, 0.6) is 0 Å². The Balaban J connectivity index is 2.23. The number of likely N-dealkylation sites (N-methyl/N-ethyl adjacent to an activating group) is 1. The van der Waals surface area contributed by atoms with E-state index in [2.05, 4.69) is 0 Å². The van der Waals surface area contributed by atoms with E-state index in [0.29, 0.717) is 11.3 Å². The fraction of sp³-hybridized carbons (Fsp3) is 0.500. The van der Waals surface area contributed by atoms with Crippen LogP contribution in [0.1, 0.15) is 31.2 Å². The minimum Gasteiger partial charge on any atom is -0.391 e. The lowest BCUT2D eigenvalue weighted by atomic mass is 9.91. The normalized spacial score (nSPS) is 23.1. The van der Waals surface area contributed by atoms with Crippen molar-refractivity contribution in [3.8, 4) is 0 Å². The second-order valence-corrected chi connectivity index (χ2v) is 5.11. The molecule has 1 fully saturated rings. The highest BCUT2D eigenvalue weighted by atomic mass is 19.1. The van der Waals surface area contributed by atoms with Gasteiger partial charge in [-0.05, 0) is 31.0 Å². The smallest absolute Gasteiger partial charge is 0.147 e. The van der Waals surface area contributed by atoms with Crippen molar-refractivity contribution in [3.05, 3.63) is 29.6 Å². The molecular formula is C14H20FN3O. The monoisotopic (exact) mass is 265 g/mol. The van der Waals surface area contributed by atoms with Crippen molar-refractivity contribution in [2.24, 2.45) is 5.73 Å². The molecule has 5 heteroatoms. The average Bonchev–Trinajstić information content (AvgIpc) is 2.38. The molecule has 0 aromatic heterocycles. The van der Waals surface area contributed by atoms with Crippen LogP contribution < -0.4 is 10.6 Å². The second kappa shape index (κ2) is 5.57. The summed E-state index contributed by atoms with van der Waals surface area (Å²) in [6.45, 7) is 0. The van der Waals surface area contributed by atoms with Crippen molar-refractivity contribution < 1.29 is 9.50 Å². The molecule has 2 rings (SSSR count). The quantitative estimate of drug-likeness (QED) is 0.577. The molecule has 1 aromatic rings. The third-order valence-electron chi connectivity index (χ3n) is 3.83. The molecular weight excluding hydrogens is 245 g/mol. The zero-order valence-corrected chi connectivity index (χ0v) is 11.1. The molecule has 0 saturated heterocycles. The lowest BCUT2D eigenvalue weighted by Crippen LogP contribution is -2.43. The molecule has 4 N–H and O–H groups in total. The van der Waals surface area contributed by atoms with E-state index in [4.69, 9.17) is 11.1 Å². The molecule has 104 valence electrons. The highest BCUT2D eigenvalue weighted by Crippen LogP contribution is 2.28. The van der Waals surface area contributed by atoms with E-state index in [0.717, 1.165) is 25.7 Å². The third-order valence-corrected chi connectivity index (χ3v) is 3.83. The summed E-state index contributed by atoms with van der Waals surface area (Å²) in [7, 11) is 1.80. The van der Waals surface area contributed by atoms with Gasteiger partial charge in [0.1, 0.15) is 11.7 Å². The number of nitrogens with one attached hydrogen (secondary N) is 1. The van der Waals surface area contributed by atoms with Gasteiger partial charge in [0.05, 0.1) is 17.8 Å². The number of rotatable bonds is 3. The Morgan fingerprint density at radius 1 is 1.42 bits per heavy atom. The molecule has 0 heterocycles. The fourth-order valence-corrected chi connectivity index (χ4v) is 2.68. The van der Waals surface area contributed by atoms with Crippen LogP contribution in [0.3, 0.4) is 0 Å². The molecule has 4 nitrogen and oxygen atoms in total. The average molecular weight is 265 g/mol. The first-order valence-corrected chi connectivity index (χ1v) is 6.55. The molecule has 1 aliphatic carbocycles. The minimum absolute atomic E-state index is 0.0496. The Bertz CT molecular complexity index is 478. The van der Waals surface area contributed by atoms with Crippen molar-refractivity contribution in [2.75, 3.05) is 11.9 Å². The molecule has 1 saturated carbocycles. The maximum absolute atomic E-state index is 14.1. The standard InChI is InChI=1S/C14H20FN3O/c1-18(12-4-2-3-5-13(12)19)11-7-6-9(14(16)17)8-10(11)15/h6-8,12-13,19H,2-5H2,1H3,(H3,16,17). The van der Waals surface area contributed by atoms with Gasteiger partial charge in [-0.3, -0.25) is 5.41 Å². The summed E-state index contributed by atoms with van der Waals surface area (Å²) in [6.07, 6.45) is 3.30. The lowest BCUT2D eigenvalue weighted by molar-refractivity contribution is 0.106. The lowest BCUT2D eigenvalue weighted by Gasteiger charge is -2.36. The number of anilines is 1. The van der Waals surface area contributed by atoms with Gasteiger partial charge < -0.3 is 15.7 Å². The summed E-state index contributed by atoms with van der Waals surface area (Å²) in [5.41, 5.74) is 6.15. The largest absolute Gasteiger partial charge is 0.391 e. The van der Waals surface area contributed by atoms with Crippen molar-refractivity contribution in [3.63, 3.8) is 0 Å². The van der Waals surface area contributed by atoms with Crippen molar-refractivity contribution in [1.29, 1.82) is 5.41 Å². The van der Waals surface area contributed by atoms with E-state index in [9.17, 15) is 9.50 Å². The molecule has 0 bridgehead atoms. The molecule has 0 spiro atoms. The Labute approximate surface area is 112 Å². The van der Waals surface area contributed by atoms with Gasteiger partial charge in [-0.25, -0.2) is 4.39 Å². The molecule has 0 aliphatic heterocycles. The van der Waals surface area contributed by atoms with Gasteiger partial charge >= 0.3 is 0 Å². The van der Waals surface area contributed by atoms with Crippen LogP contribution in [0.2, 0.25) is 0 Å². The molecule has 19 heavy (non-hydrogen) atoms. The van der Waals surface area contributed by atoms with Crippen molar-refractivity contribution in [2.45, 2.75) is 37.8 Å². The van der Waals surface area contributed by atoms with E-state index in [-0.39, 0.29) is 11.9 Å². The first kappa shape index (κ1) is 13.8. The van der Waals surface area contributed by atoms with Crippen LogP contribution >= 0.6 is 0 Å². The fourth-order valence-electron chi connectivity index (χ4n) is 2.68. The second-order valence-electron chi connectivity index (χ2n) is 5.11. The van der Waals surface area contributed by atoms with Gasteiger partial charge in [-0.15, -0.1) is 0 Å². The SMILES string of the molecule is CN(c1ccc(C(=N)N)cc1F)C1CCCCC1O. The predicted octanol–water partition coefficient (Wildman–Crippen LogP) is 1.85. The molecule has 2 atom stereocenters. The summed E-state index contributed by atoms with van der Waals surface area (Å²) in [5.74, 6) is -0.557. The van der Waals surface area contributed by atoms with Crippen LogP contribution in [0.25, 0.3) is 0 Å². The number of benzene rings is 1. The topological polar surface area (TPSA) is 73.3 Å². The summed E-state index contributed by atoms with van der Waals surface area (Å²) < 4.78 is 14.1. The first-order valence-electron chi connectivity index (χ1n) is 6.55. The highest BCUT2D eigenvalue weighted by Gasteiger charge is 2.28.